The highest BCUT2D eigenvalue weighted by Gasteiger charge is 2.22. The van der Waals surface area contributed by atoms with Gasteiger partial charge in [0.15, 0.2) is 5.96 Å². The van der Waals surface area contributed by atoms with Crippen LogP contribution in [0.15, 0.2) is 47.6 Å². The third-order valence-electron chi connectivity index (χ3n) is 5.65. The molecule has 0 radical (unpaired) electrons. The maximum absolute atomic E-state index is 11.7. The molecule has 34 heavy (non-hydrogen) atoms. The number of amides is 1. The summed E-state index contributed by atoms with van der Waals surface area (Å²) in [7, 11) is 0. The number of aromatic nitrogens is 3. The molecule has 0 aliphatic carbocycles. The van der Waals surface area contributed by atoms with Crippen molar-refractivity contribution in [2.24, 2.45) is 4.99 Å². The van der Waals surface area contributed by atoms with Crippen LogP contribution in [0.2, 0.25) is 0 Å². The smallest absolute Gasteiger partial charge is 0.304 e. The molecule has 1 aliphatic heterocycles. The molecule has 174 valence electrons. The highest BCUT2D eigenvalue weighted by atomic mass is 32.1. The highest BCUT2D eigenvalue weighted by Crippen LogP contribution is 2.35. The number of carbonyl (C=O) groups excluding carboxylic acids is 1. The Kier molecular flexibility index (Phi) is 6.09. The number of hydrogen-bond acceptors (Lipinski definition) is 8. The number of carboxylic acid groups (broad SMARTS) is 1. The van der Waals surface area contributed by atoms with Gasteiger partial charge in [-0.2, -0.15) is 13.7 Å². The third-order valence-corrected chi connectivity index (χ3v) is 6.20. The second-order valence-corrected chi connectivity index (χ2v) is 8.48. The molecule has 5 rings (SSSR count). The van der Waals surface area contributed by atoms with Crippen molar-refractivity contribution in [2.45, 2.75) is 18.8 Å². The van der Waals surface area contributed by atoms with Crippen molar-refractivity contribution < 1.29 is 19.4 Å². The van der Waals surface area contributed by atoms with Crippen molar-refractivity contribution in [3.63, 3.8) is 0 Å². The zero-order valence-corrected chi connectivity index (χ0v) is 18.9. The lowest BCUT2D eigenvalue weighted by Crippen LogP contribution is -2.34. The average molecular weight is 479 g/mol. The Morgan fingerprint density at radius 1 is 1.21 bits per heavy atom. The number of hydrogen-bond donors (Lipinski definition) is 4. The summed E-state index contributed by atoms with van der Waals surface area (Å²) in [6.07, 6.45) is 2.57. The van der Waals surface area contributed by atoms with Gasteiger partial charge in [0.05, 0.1) is 31.3 Å². The third kappa shape index (κ3) is 4.69. The maximum atomic E-state index is 11.7. The first-order valence-corrected chi connectivity index (χ1v) is 11.6. The van der Waals surface area contributed by atoms with Crippen LogP contribution in [0.4, 0.5) is 0 Å². The normalized spacial score (nSPS) is 14.2. The monoisotopic (exact) mass is 478 g/mol. The molecule has 0 bridgehead atoms. The van der Waals surface area contributed by atoms with Crippen molar-refractivity contribution in [2.75, 3.05) is 19.7 Å². The largest absolute Gasteiger partial charge is 0.493 e. The lowest BCUT2D eigenvalue weighted by Gasteiger charge is -2.15. The van der Waals surface area contributed by atoms with Gasteiger partial charge in [-0.25, -0.2) is 0 Å². The van der Waals surface area contributed by atoms with Gasteiger partial charge in [-0.3, -0.25) is 9.59 Å². The van der Waals surface area contributed by atoms with Crippen LogP contribution >= 0.6 is 11.7 Å². The Morgan fingerprint density at radius 3 is 2.91 bits per heavy atom. The number of fused-ring (bicyclic) bond motifs is 2. The van der Waals surface area contributed by atoms with Gasteiger partial charge in [-0.05, 0) is 41.8 Å². The number of H-pyrrole nitrogens is 1. The van der Waals surface area contributed by atoms with Gasteiger partial charge in [-0.1, -0.05) is 6.07 Å². The summed E-state index contributed by atoms with van der Waals surface area (Å²) in [6, 6.07) is 11.5. The molecule has 0 saturated heterocycles. The molecule has 0 spiro atoms. The van der Waals surface area contributed by atoms with Crippen molar-refractivity contribution in [1.82, 2.24) is 24.4 Å². The van der Waals surface area contributed by atoms with Crippen molar-refractivity contribution in [3.8, 4) is 5.75 Å². The number of aliphatic carboxylic acids is 1. The predicted octanol–water partition coefficient (Wildman–Crippen LogP) is 2.62. The van der Waals surface area contributed by atoms with E-state index >= 15 is 0 Å². The molecule has 1 aliphatic rings. The first-order valence-electron chi connectivity index (χ1n) is 10.8. The fourth-order valence-corrected chi connectivity index (χ4v) is 4.56. The first-order chi connectivity index (χ1) is 16.6. The maximum Gasteiger partial charge on any atom is 0.304 e. The van der Waals surface area contributed by atoms with E-state index in [9.17, 15) is 14.7 Å². The number of guanidine groups is 1. The Labute approximate surface area is 198 Å². The van der Waals surface area contributed by atoms with Gasteiger partial charge in [0.1, 0.15) is 16.8 Å². The van der Waals surface area contributed by atoms with E-state index in [1.165, 1.54) is 0 Å². The Bertz CT molecular complexity index is 1390. The van der Waals surface area contributed by atoms with Gasteiger partial charge in [0.25, 0.3) is 5.91 Å². The summed E-state index contributed by atoms with van der Waals surface area (Å²) < 4.78 is 14.4. The fraction of sp³-hybridized carbons (Fsp3) is 0.261. The first kappa shape index (κ1) is 21.8. The van der Waals surface area contributed by atoms with Crippen LogP contribution < -0.4 is 15.4 Å². The van der Waals surface area contributed by atoms with E-state index < -0.39 is 5.97 Å². The van der Waals surface area contributed by atoms with Gasteiger partial charge < -0.3 is 25.5 Å². The molecule has 0 fully saturated rings. The van der Waals surface area contributed by atoms with E-state index in [0.717, 1.165) is 57.0 Å². The molecule has 2 aromatic heterocycles. The predicted molar refractivity (Wildman–Crippen MR) is 128 cm³/mol. The quantitative estimate of drug-likeness (QED) is 0.269. The van der Waals surface area contributed by atoms with E-state index in [-0.39, 0.29) is 24.8 Å². The average Bonchev–Trinajstić information content (AvgIpc) is 3.56. The number of aliphatic imine (C=N–C) groups is 1. The summed E-state index contributed by atoms with van der Waals surface area (Å²) in [6.45, 7) is 1.36. The van der Waals surface area contributed by atoms with Gasteiger partial charge in [-0.15, -0.1) is 0 Å². The number of carboxylic acids is 1. The van der Waals surface area contributed by atoms with Crippen LogP contribution in [0.1, 0.15) is 29.9 Å². The van der Waals surface area contributed by atoms with Gasteiger partial charge >= 0.3 is 5.97 Å². The molecule has 2 aromatic carbocycles. The number of carbonyl (C=O) groups is 2. The number of nitrogens with zero attached hydrogens (tertiary/aromatic N) is 3. The Balaban J connectivity index is 1.29. The zero-order chi connectivity index (χ0) is 23.5. The Hall–Kier alpha value is -3.99. The summed E-state index contributed by atoms with van der Waals surface area (Å²) >= 11 is 1.14. The van der Waals surface area contributed by atoms with E-state index in [1.54, 1.807) is 0 Å². The minimum absolute atomic E-state index is 0.0347. The van der Waals surface area contributed by atoms with E-state index in [4.69, 9.17) is 4.74 Å². The van der Waals surface area contributed by atoms with Gasteiger partial charge in [0, 0.05) is 35.6 Å². The van der Waals surface area contributed by atoms with Crippen molar-refractivity contribution in [1.29, 1.82) is 0 Å². The second-order valence-electron chi connectivity index (χ2n) is 7.95. The van der Waals surface area contributed by atoms with Gasteiger partial charge in [0.2, 0.25) is 0 Å². The minimum atomic E-state index is -0.868. The zero-order valence-electron chi connectivity index (χ0n) is 18.1. The lowest BCUT2D eigenvalue weighted by molar-refractivity contribution is -0.137. The molecule has 10 nitrogen and oxygen atoms in total. The van der Waals surface area contributed by atoms with Crippen molar-refractivity contribution >= 4 is 51.5 Å². The van der Waals surface area contributed by atoms with Crippen LogP contribution in [0.3, 0.4) is 0 Å². The van der Waals surface area contributed by atoms with E-state index in [1.807, 2.05) is 42.6 Å². The molecule has 11 heteroatoms. The lowest BCUT2D eigenvalue weighted by atomic mass is 9.88. The van der Waals surface area contributed by atoms with Crippen LogP contribution in [0, 0.1) is 0 Å². The SMILES string of the molecule is O=C(O)CC(c1ccc2nsnc2c1)c1c[nH]c2cc(OCCCNC3=NC(=O)CN3)ccc12. The van der Waals surface area contributed by atoms with E-state index in [2.05, 4.69) is 29.4 Å². The molecule has 1 amide bonds. The number of aromatic amines is 1. The second kappa shape index (κ2) is 9.48. The number of nitrogens with one attached hydrogen (secondary N) is 3. The highest BCUT2D eigenvalue weighted by molar-refractivity contribution is 7.00. The standard InChI is InChI=1S/C23H22N6O4S/c30-21-12-26-23(27-21)24-6-1-7-33-14-3-4-15-17(11-25-19(15)9-14)16(10-22(31)32)13-2-5-18-20(8-13)29-34-28-18/h2-5,8-9,11,16,25H,1,6-7,10,12H2,(H,31,32)(H2,24,26,27,30). The molecule has 0 saturated carbocycles. The minimum Gasteiger partial charge on any atom is -0.493 e. The molecule has 4 aromatic rings. The van der Waals surface area contributed by atoms with Crippen LogP contribution in [0.25, 0.3) is 21.9 Å². The molecule has 3 heterocycles. The van der Waals surface area contributed by atoms with Crippen LogP contribution in [0.5, 0.6) is 5.75 Å². The summed E-state index contributed by atoms with van der Waals surface area (Å²) in [4.78, 5) is 29.8. The molecular formula is C23H22N6O4S. The topological polar surface area (TPSA) is 142 Å². The number of benzene rings is 2. The molecule has 4 N–H and O–H groups in total. The van der Waals surface area contributed by atoms with Crippen LogP contribution in [-0.4, -0.2) is 56.4 Å². The fourth-order valence-electron chi connectivity index (χ4n) is 4.04. The molecular weight excluding hydrogens is 456 g/mol. The number of rotatable bonds is 9. The summed E-state index contributed by atoms with van der Waals surface area (Å²) in [5.41, 5.74) is 4.25. The summed E-state index contributed by atoms with van der Waals surface area (Å²) in [5, 5.41) is 16.5. The van der Waals surface area contributed by atoms with Crippen molar-refractivity contribution in [3.05, 3.63) is 53.7 Å². The number of ether oxygens (including phenoxy) is 1. The molecule has 1 unspecified atom stereocenters. The van der Waals surface area contributed by atoms with Crippen LogP contribution in [-0.2, 0) is 9.59 Å². The Morgan fingerprint density at radius 2 is 2.09 bits per heavy atom. The molecule has 1 atom stereocenters. The summed E-state index contributed by atoms with van der Waals surface area (Å²) in [5.74, 6) is -0.144. The van der Waals surface area contributed by atoms with E-state index in [0.29, 0.717) is 19.1 Å².